The van der Waals surface area contributed by atoms with E-state index in [0.717, 1.165) is 0 Å². The number of nitro groups is 1. The molecule has 7 nitrogen and oxygen atoms in total. The molecule has 1 aliphatic heterocycles. The SMILES string of the molecule is COCC(=O)CN1C(=O)CCc2cc([N+](=O)[O-])ccc21. The van der Waals surface area contributed by atoms with Crippen molar-refractivity contribution in [3.05, 3.63) is 33.9 Å². The number of aryl methyl sites for hydroxylation is 1. The van der Waals surface area contributed by atoms with E-state index in [1.807, 2.05) is 0 Å². The summed E-state index contributed by atoms with van der Waals surface area (Å²) in [6, 6.07) is 4.31. The average Bonchev–Trinajstić information content (AvgIpc) is 2.41. The number of anilines is 1. The molecular weight excluding hydrogens is 264 g/mol. The number of ether oxygens (including phenoxy) is 1. The second-order valence-corrected chi connectivity index (χ2v) is 4.52. The molecular formula is C13H14N2O5. The summed E-state index contributed by atoms with van der Waals surface area (Å²) in [5.74, 6) is -0.372. The standard InChI is InChI=1S/C13H14N2O5/c1-20-8-11(16)7-14-12-4-3-10(15(18)19)6-9(12)2-5-13(14)17/h3-4,6H,2,5,7-8H2,1H3. The molecule has 7 heteroatoms. The first-order valence-electron chi connectivity index (χ1n) is 6.11. The number of Topliss-reactive ketones (excluding diaryl/α,β-unsaturated/α-hetero) is 1. The van der Waals surface area contributed by atoms with Crippen LogP contribution >= 0.6 is 0 Å². The van der Waals surface area contributed by atoms with Crippen molar-refractivity contribution >= 4 is 23.1 Å². The van der Waals surface area contributed by atoms with Crippen LogP contribution in [-0.4, -0.2) is 36.9 Å². The first-order valence-corrected chi connectivity index (χ1v) is 6.11. The molecule has 0 spiro atoms. The predicted molar refractivity (Wildman–Crippen MR) is 70.7 cm³/mol. The number of nitro benzene ring substituents is 1. The molecule has 0 aliphatic carbocycles. The van der Waals surface area contributed by atoms with Gasteiger partial charge < -0.3 is 9.64 Å². The van der Waals surface area contributed by atoms with Crippen molar-refractivity contribution in [1.29, 1.82) is 0 Å². The Kier molecular flexibility index (Phi) is 4.09. The molecule has 1 heterocycles. The Morgan fingerprint density at radius 3 is 2.85 bits per heavy atom. The van der Waals surface area contributed by atoms with Gasteiger partial charge in [0.15, 0.2) is 5.78 Å². The molecule has 1 aromatic rings. The van der Waals surface area contributed by atoms with E-state index in [2.05, 4.69) is 0 Å². The number of non-ortho nitro benzene ring substituents is 1. The zero-order valence-electron chi connectivity index (χ0n) is 11.0. The van der Waals surface area contributed by atoms with Gasteiger partial charge in [0.25, 0.3) is 5.69 Å². The summed E-state index contributed by atoms with van der Waals surface area (Å²) in [6.07, 6.45) is 0.694. The number of amides is 1. The Hall–Kier alpha value is -2.28. The largest absolute Gasteiger partial charge is 0.377 e. The fourth-order valence-electron chi connectivity index (χ4n) is 2.22. The maximum atomic E-state index is 11.9. The van der Waals surface area contributed by atoms with E-state index in [4.69, 9.17) is 4.74 Å². The summed E-state index contributed by atoms with van der Waals surface area (Å²) in [7, 11) is 1.41. The van der Waals surface area contributed by atoms with Crippen LogP contribution in [0.4, 0.5) is 11.4 Å². The summed E-state index contributed by atoms with van der Waals surface area (Å²) >= 11 is 0. The number of methoxy groups -OCH3 is 1. The number of benzene rings is 1. The van der Waals surface area contributed by atoms with E-state index in [0.29, 0.717) is 17.7 Å². The Bertz CT molecular complexity index is 570. The molecule has 2 rings (SSSR count). The number of hydrogen-bond donors (Lipinski definition) is 0. The molecule has 0 saturated carbocycles. The second kappa shape index (κ2) is 5.79. The Morgan fingerprint density at radius 2 is 2.20 bits per heavy atom. The van der Waals surface area contributed by atoms with Gasteiger partial charge in [-0.15, -0.1) is 0 Å². The first kappa shape index (κ1) is 14.1. The lowest BCUT2D eigenvalue weighted by Crippen LogP contribution is -2.40. The van der Waals surface area contributed by atoms with Gasteiger partial charge in [0.05, 0.1) is 11.5 Å². The van der Waals surface area contributed by atoms with Crippen molar-refractivity contribution in [3.63, 3.8) is 0 Å². The number of fused-ring (bicyclic) bond motifs is 1. The summed E-state index contributed by atoms with van der Waals surface area (Å²) in [5, 5.41) is 10.7. The second-order valence-electron chi connectivity index (χ2n) is 4.52. The van der Waals surface area contributed by atoms with Crippen molar-refractivity contribution in [3.8, 4) is 0 Å². The highest BCUT2D eigenvalue weighted by Crippen LogP contribution is 2.30. The maximum absolute atomic E-state index is 11.9. The van der Waals surface area contributed by atoms with Gasteiger partial charge in [0.2, 0.25) is 5.91 Å². The van der Waals surface area contributed by atoms with Gasteiger partial charge in [0, 0.05) is 31.4 Å². The van der Waals surface area contributed by atoms with Gasteiger partial charge in [-0.25, -0.2) is 0 Å². The highest BCUT2D eigenvalue weighted by molar-refractivity contribution is 6.01. The molecule has 0 aromatic heterocycles. The van der Waals surface area contributed by atoms with Crippen LogP contribution in [0.25, 0.3) is 0 Å². The van der Waals surface area contributed by atoms with Crippen molar-refractivity contribution in [2.45, 2.75) is 12.8 Å². The van der Waals surface area contributed by atoms with Gasteiger partial charge in [0.1, 0.15) is 6.61 Å². The summed E-state index contributed by atoms with van der Waals surface area (Å²) in [6.45, 7) is -0.135. The van der Waals surface area contributed by atoms with Crippen molar-refractivity contribution < 1.29 is 19.2 Å². The van der Waals surface area contributed by atoms with E-state index in [9.17, 15) is 19.7 Å². The van der Waals surface area contributed by atoms with Crippen molar-refractivity contribution in [2.24, 2.45) is 0 Å². The van der Waals surface area contributed by atoms with Gasteiger partial charge >= 0.3 is 0 Å². The molecule has 106 valence electrons. The summed E-state index contributed by atoms with van der Waals surface area (Å²) in [4.78, 5) is 35.2. The molecule has 0 bridgehead atoms. The third-order valence-electron chi connectivity index (χ3n) is 3.11. The Morgan fingerprint density at radius 1 is 1.45 bits per heavy atom. The van der Waals surface area contributed by atoms with Crippen LogP contribution in [0.1, 0.15) is 12.0 Å². The highest BCUT2D eigenvalue weighted by Gasteiger charge is 2.27. The smallest absolute Gasteiger partial charge is 0.269 e. The summed E-state index contributed by atoms with van der Waals surface area (Å²) < 4.78 is 4.74. The fourth-order valence-corrected chi connectivity index (χ4v) is 2.22. The third-order valence-corrected chi connectivity index (χ3v) is 3.11. The molecule has 1 amide bonds. The minimum absolute atomic E-state index is 0.0127. The van der Waals surface area contributed by atoms with Crippen LogP contribution in [0.3, 0.4) is 0 Å². The number of nitrogens with zero attached hydrogens (tertiary/aromatic N) is 2. The minimum atomic E-state index is -0.475. The summed E-state index contributed by atoms with van der Waals surface area (Å²) in [5.41, 5.74) is 1.27. The monoisotopic (exact) mass is 278 g/mol. The van der Waals surface area contributed by atoms with Gasteiger partial charge in [-0.1, -0.05) is 0 Å². The topological polar surface area (TPSA) is 89.8 Å². The molecule has 1 aromatic carbocycles. The lowest BCUT2D eigenvalue weighted by atomic mass is 10.00. The predicted octanol–water partition coefficient (Wildman–Crippen LogP) is 1.09. The van der Waals surface area contributed by atoms with E-state index < -0.39 is 4.92 Å². The molecule has 20 heavy (non-hydrogen) atoms. The zero-order valence-corrected chi connectivity index (χ0v) is 11.0. The quantitative estimate of drug-likeness (QED) is 0.594. The number of carbonyl (C=O) groups is 2. The van der Waals surface area contributed by atoms with Crippen LogP contribution in [-0.2, 0) is 20.7 Å². The molecule has 0 radical (unpaired) electrons. The van der Waals surface area contributed by atoms with E-state index in [-0.39, 0.29) is 37.0 Å². The lowest BCUT2D eigenvalue weighted by Gasteiger charge is -2.28. The third kappa shape index (κ3) is 2.83. The molecule has 0 fully saturated rings. The van der Waals surface area contributed by atoms with Gasteiger partial charge in [-0.2, -0.15) is 0 Å². The Labute approximate surface area is 115 Å². The van der Waals surface area contributed by atoms with E-state index >= 15 is 0 Å². The molecule has 1 aliphatic rings. The average molecular weight is 278 g/mol. The molecule has 0 atom stereocenters. The van der Waals surface area contributed by atoms with Crippen molar-refractivity contribution in [1.82, 2.24) is 0 Å². The fraction of sp³-hybridized carbons (Fsp3) is 0.385. The van der Waals surface area contributed by atoms with Gasteiger partial charge in [-0.05, 0) is 18.1 Å². The molecule has 0 N–H and O–H groups in total. The number of hydrogen-bond acceptors (Lipinski definition) is 5. The van der Waals surface area contributed by atoms with Crippen LogP contribution < -0.4 is 4.90 Å². The van der Waals surface area contributed by atoms with Gasteiger partial charge in [-0.3, -0.25) is 19.7 Å². The Balaban J connectivity index is 2.29. The highest BCUT2D eigenvalue weighted by atomic mass is 16.6. The normalized spacial score (nSPS) is 14.1. The van der Waals surface area contributed by atoms with Crippen LogP contribution in [0.15, 0.2) is 18.2 Å². The van der Waals surface area contributed by atoms with Crippen LogP contribution in [0.5, 0.6) is 0 Å². The first-order chi connectivity index (χ1) is 9.52. The van der Waals surface area contributed by atoms with Crippen LogP contribution in [0.2, 0.25) is 0 Å². The number of rotatable bonds is 5. The number of ketones is 1. The van der Waals surface area contributed by atoms with Crippen LogP contribution in [0, 0.1) is 10.1 Å². The number of carbonyl (C=O) groups excluding carboxylic acids is 2. The van der Waals surface area contributed by atoms with E-state index in [1.54, 1.807) is 0 Å². The zero-order chi connectivity index (χ0) is 14.7. The maximum Gasteiger partial charge on any atom is 0.269 e. The molecule has 0 unspecified atom stereocenters. The van der Waals surface area contributed by atoms with E-state index in [1.165, 1.54) is 30.2 Å². The van der Waals surface area contributed by atoms with Crippen molar-refractivity contribution in [2.75, 3.05) is 25.2 Å². The lowest BCUT2D eigenvalue weighted by molar-refractivity contribution is -0.384. The minimum Gasteiger partial charge on any atom is -0.377 e. The molecule has 0 saturated heterocycles.